The molecule has 2 aromatic heterocycles. The first-order valence-electron chi connectivity index (χ1n) is 16.2. The molecule has 2 N–H and O–H groups in total. The molecule has 50 heavy (non-hydrogen) atoms. The number of thiocarbonyl (C=S) groups is 1. The molecule has 2 aromatic carbocycles. The first-order valence-corrected chi connectivity index (χ1v) is 17.4. The molecule has 0 aliphatic carbocycles. The van der Waals surface area contributed by atoms with Gasteiger partial charge < -0.3 is 38.7 Å². The van der Waals surface area contributed by atoms with Gasteiger partial charge in [0.2, 0.25) is 0 Å². The first-order chi connectivity index (χ1) is 23.8. The van der Waals surface area contributed by atoms with E-state index < -0.39 is 48.4 Å². The SMILES string of the molecule is CC(=O)O[C@@H]1[C@@H](NC(=S)N[C@H]2CO[C@@H](c3cn(-c4ccc(C)cc4)c(=S)n3C)[C@@H]2OC(C)=O)CO[C@H]1c1cn(-c2ccc(C)cc2)c(=S)n1C. The lowest BCUT2D eigenvalue weighted by molar-refractivity contribution is -0.150. The Morgan fingerprint density at radius 3 is 1.40 bits per heavy atom. The Morgan fingerprint density at radius 1 is 0.700 bits per heavy atom. The van der Waals surface area contributed by atoms with Gasteiger partial charge in [-0.15, -0.1) is 0 Å². The van der Waals surface area contributed by atoms with E-state index in [2.05, 4.69) is 10.6 Å². The lowest BCUT2D eigenvalue weighted by Gasteiger charge is -2.27. The van der Waals surface area contributed by atoms with Gasteiger partial charge in [-0.1, -0.05) is 35.4 Å². The van der Waals surface area contributed by atoms with Gasteiger partial charge >= 0.3 is 11.9 Å². The van der Waals surface area contributed by atoms with E-state index in [1.54, 1.807) is 0 Å². The number of hydrogen-bond acceptors (Lipinski definition) is 9. The number of esters is 2. The summed E-state index contributed by atoms with van der Waals surface area (Å²) in [6.07, 6.45) is 1.15. The topological polar surface area (TPSA) is 115 Å². The fraction of sp³-hybridized carbons (Fsp3) is 0.400. The third-order valence-electron chi connectivity index (χ3n) is 9.03. The number of aryl methyl sites for hydroxylation is 2. The summed E-state index contributed by atoms with van der Waals surface area (Å²) in [7, 11) is 3.72. The van der Waals surface area contributed by atoms with Crippen LogP contribution in [0.15, 0.2) is 60.9 Å². The molecular formula is C35H40N6O6S3. The molecular weight excluding hydrogens is 697 g/mol. The Balaban J connectivity index is 1.19. The molecule has 2 fully saturated rings. The van der Waals surface area contributed by atoms with E-state index in [1.807, 2.05) is 107 Å². The molecule has 0 unspecified atom stereocenters. The van der Waals surface area contributed by atoms with Crippen LogP contribution in [0, 0.1) is 23.4 Å². The average Bonchev–Trinajstić information content (AvgIpc) is 3.79. The molecule has 2 saturated heterocycles. The molecule has 2 aliphatic rings. The van der Waals surface area contributed by atoms with Crippen LogP contribution in [0.2, 0.25) is 0 Å². The summed E-state index contributed by atoms with van der Waals surface area (Å²) in [5.41, 5.74) is 5.60. The van der Waals surface area contributed by atoms with Crippen molar-refractivity contribution < 1.29 is 28.5 Å². The van der Waals surface area contributed by atoms with Gasteiger partial charge in [0.15, 0.2) is 26.9 Å². The van der Waals surface area contributed by atoms with Crippen LogP contribution in [0.4, 0.5) is 0 Å². The van der Waals surface area contributed by atoms with E-state index in [0.29, 0.717) is 9.54 Å². The molecule has 0 amide bonds. The number of hydrogen-bond donors (Lipinski definition) is 2. The zero-order valence-corrected chi connectivity index (χ0v) is 31.1. The second-order valence-corrected chi connectivity index (χ2v) is 13.8. The minimum atomic E-state index is -0.718. The van der Waals surface area contributed by atoms with Gasteiger partial charge in [-0.25, -0.2) is 0 Å². The van der Waals surface area contributed by atoms with Crippen molar-refractivity contribution >= 4 is 53.7 Å². The summed E-state index contributed by atoms with van der Waals surface area (Å²) in [5, 5.41) is 6.81. The lowest BCUT2D eigenvalue weighted by Crippen LogP contribution is -2.53. The Hall–Kier alpha value is -4.15. The zero-order valence-electron chi connectivity index (χ0n) is 28.6. The second kappa shape index (κ2) is 14.6. The highest BCUT2D eigenvalue weighted by Gasteiger charge is 2.45. The van der Waals surface area contributed by atoms with E-state index in [-0.39, 0.29) is 18.3 Å². The molecule has 0 bridgehead atoms. The highest BCUT2D eigenvalue weighted by Crippen LogP contribution is 2.35. The van der Waals surface area contributed by atoms with Crippen molar-refractivity contribution in [3.63, 3.8) is 0 Å². The number of aromatic nitrogens is 4. The number of carbonyl (C=O) groups excluding carboxylic acids is 2. The van der Waals surface area contributed by atoms with Crippen LogP contribution in [0.25, 0.3) is 11.4 Å². The van der Waals surface area contributed by atoms with E-state index in [1.165, 1.54) is 13.8 Å². The lowest BCUT2D eigenvalue weighted by atomic mass is 10.1. The van der Waals surface area contributed by atoms with Crippen molar-refractivity contribution in [3.05, 3.63) is 93.0 Å². The number of rotatable bonds is 8. The zero-order chi connectivity index (χ0) is 35.9. The Bertz CT molecular complexity index is 1890. The number of carbonyl (C=O) groups is 2. The Kier molecular flexibility index (Phi) is 10.4. The van der Waals surface area contributed by atoms with Crippen LogP contribution in [-0.4, -0.2) is 72.8 Å². The molecule has 15 heteroatoms. The number of nitrogens with zero attached hydrogens (tertiary/aromatic N) is 4. The van der Waals surface area contributed by atoms with Gasteiger partial charge in [-0.2, -0.15) is 0 Å². The third-order valence-corrected chi connectivity index (χ3v) is 10.2. The maximum Gasteiger partial charge on any atom is 0.303 e. The molecule has 0 saturated carbocycles. The summed E-state index contributed by atoms with van der Waals surface area (Å²) in [5.74, 6) is -0.909. The Labute approximate surface area is 305 Å². The molecule has 4 aromatic rings. The number of benzene rings is 2. The largest absolute Gasteiger partial charge is 0.457 e. The number of ether oxygens (including phenoxy) is 4. The summed E-state index contributed by atoms with van der Waals surface area (Å²) in [6, 6.07) is 15.1. The van der Waals surface area contributed by atoms with Crippen molar-refractivity contribution in [3.8, 4) is 11.4 Å². The standard InChI is InChI=1S/C35H40N6O6S3/c1-19-7-11-23(12-8-19)40-15-27(38(5)34(40)49)31-29(46-21(3)42)25(17-44-31)36-33(48)37-26-18-45-32(30(26)47-22(4)43)28-16-41(35(50)39(28)6)24-13-9-20(2)10-14-24/h7-16,25-26,29-32H,17-18H2,1-6H3,(H2,36,37,48)/t25-,26-,29+,30+,31-,32-/m0/s1. The van der Waals surface area contributed by atoms with Crippen molar-refractivity contribution in [2.75, 3.05) is 13.2 Å². The van der Waals surface area contributed by atoms with Crippen molar-refractivity contribution in [1.29, 1.82) is 0 Å². The molecule has 264 valence electrons. The van der Waals surface area contributed by atoms with E-state index in [0.717, 1.165) is 33.9 Å². The fourth-order valence-corrected chi connectivity index (χ4v) is 7.25. The van der Waals surface area contributed by atoms with Crippen LogP contribution in [0.5, 0.6) is 0 Å². The van der Waals surface area contributed by atoms with E-state index in [4.69, 9.17) is 55.6 Å². The average molecular weight is 737 g/mol. The van der Waals surface area contributed by atoms with Crippen LogP contribution < -0.4 is 10.6 Å². The minimum Gasteiger partial charge on any atom is -0.457 e. The van der Waals surface area contributed by atoms with Gasteiger partial charge in [-0.3, -0.25) is 18.7 Å². The quantitative estimate of drug-likeness (QED) is 0.190. The first kappa shape index (κ1) is 35.7. The summed E-state index contributed by atoms with van der Waals surface area (Å²) in [4.78, 5) is 24.6. The molecule has 6 rings (SSSR count). The summed E-state index contributed by atoms with van der Waals surface area (Å²) >= 11 is 17.3. The number of imidazole rings is 2. The molecule has 0 radical (unpaired) electrons. The smallest absolute Gasteiger partial charge is 0.303 e. The molecule has 12 nitrogen and oxygen atoms in total. The van der Waals surface area contributed by atoms with Gasteiger partial charge in [0, 0.05) is 51.7 Å². The van der Waals surface area contributed by atoms with Gasteiger partial charge in [0.1, 0.15) is 12.2 Å². The predicted molar refractivity (Wildman–Crippen MR) is 196 cm³/mol. The number of nitrogens with one attached hydrogen (secondary N) is 2. The Morgan fingerprint density at radius 2 is 1.06 bits per heavy atom. The molecule has 4 heterocycles. The minimum absolute atomic E-state index is 0.202. The highest BCUT2D eigenvalue weighted by atomic mass is 32.1. The van der Waals surface area contributed by atoms with Gasteiger partial charge in [0.25, 0.3) is 0 Å². The summed E-state index contributed by atoms with van der Waals surface area (Å²) in [6.45, 7) is 7.18. The van der Waals surface area contributed by atoms with Gasteiger partial charge in [0.05, 0.1) is 36.7 Å². The molecule has 0 spiro atoms. The monoisotopic (exact) mass is 736 g/mol. The molecule has 6 atom stereocenters. The predicted octanol–water partition coefficient (Wildman–Crippen LogP) is 4.93. The second-order valence-electron chi connectivity index (χ2n) is 12.7. The van der Waals surface area contributed by atoms with Crippen LogP contribution in [0.1, 0.15) is 48.6 Å². The van der Waals surface area contributed by atoms with Crippen LogP contribution >= 0.6 is 36.7 Å². The summed E-state index contributed by atoms with van der Waals surface area (Å²) < 4.78 is 32.8. The molecule has 2 aliphatic heterocycles. The van der Waals surface area contributed by atoms with Crippen LogP contribution in [-0.2, 0) is 42.6 Å². The van der Waals surface area contributed by atoms with Crippen molar-refractivity contribution in [1.82, 2.24) is 28.9 Å². The van der Waals surface area contributed by atoms with E-state index in [9.17, 15) is 9.59 Å². The van der Waals surface area contributed by atoms with E-state index >= 15 is 0 Å². The van der Waals surface area contributed by atoms with Crippen molar-refractivity contribution in [2.24, 2.45) is 14.1 Å². The van der Waals surface area contributed by atoms with Crippen molar-refractivity contribution in [2.45, 2.75) is 64.2 Å². The fourth-order valence-electron chi connectivity index (χ4n) is 6.42. The van der Waals surface area contributed by atoms with Crippen LogP contribution in [0.3, 0.4) is 0 Å². The third kappa shape index (κ3) is 7.19. The highest BCUT2D eigenvalue weighted by molar-refractivity contribution is 7.80. The van der Waals surface area contributed by atoms with Gasteiger partial charge in [-0.05, 0) is 74.8 Å². The maximum absolute atomic E-state index is 12.3. The maximum atomic E-state index is 12.3. The normalized spacial score (nSPS) is 23.1.